The molecule has 0 spiro atoms. The Kier molecular flexibility index (Phi) is 4.23. The van der Waals surface area contributed by atoms with E-state index in [1.54, 1.807) is 0 Å². The Hall–Kier alpha value is -0.780. The molecule has 0 atom stereocenters. The Bertz CT molecular complexity index is 399. The Morgan fingerprint density at radius 1 is 0.450 bits per heavy atom. The summed E-state index contributed by atoms with van der Waals surface area (Å²) in [4.78, 5) is 0. The number of hydrogen-bond acceptors (Lipinski definition) is 0. The third-order valence-corrected chi connectivity index (χ3v) is 6.08. The van der Waals surface area contributed by atoms with Gasteiger partial charge >= 0.3 is 0 Å². The first-order valence-electron chi connectivity index (χ1n) is 7.82. The fourth-order valence-corrected chi connectivity index (χ4v) is 2.17. The Labute approximate surface area is 127 Å². The Balaban J connectivity index is 3.20. The normalized spacial score (nSPS) is 14.5. The van der Waals surface area contributed by atoms with Crippen LogP contribution in [0.15, 0.2) is 24.3 Å². The quantitative estimate of drug-likeness (QED) is 0.590. The van der Waals surface area contributed by atoms with Gasteiger partial charge in [-0.05, 0) is 32.8 Å². The Morgan fingerprint density at radius 2 is 0.650 bits per heavy atom. The fourth-order valence-electron chi connectivity index (χ4n) is 2.17. The maximum atomic E-state index is 2.34. The molecule has 0 aliphatic heterocycles. The van der Waals surface area contributed by atoms with Gasteiger partial charge in [0, 0.05) is 0 Å². The Morgan fingerprint density at radius 3 is 0.800 bits per heavy atom. The predicted octanol–water partition coefficient (Wildman–Crippen LogP) is 6.33. The van der Waals surface area contributed by atoms with Crippen molar-refractivity contribution in [3.8, 4) is 0 Å². The molecule has 0 saturated heterocycles. The molecule has 0 heteroatoms. The highest BCUT2D eigenvalue weighted by atomic mass is 14.4. The maximum Gasteiger partial charge on any atom is -0.00551 e. The molecule has 1 aromatic rings. The van der Waals surface area contributed by atoms with Crippen molar-refractivity contribution in [2.75, 3.05) is 0 Å². The van der Waals surface area contributed by atoms with Crippen molar-refractivity contribution in [3.63, 3.8) is 0 Å². The van der Waals surface area contributed by atoms with Crippen LogP contribution in [-0.4, -0.2) is 0 Å². The number of benzene rings is 1. The summed E-state index contributed by atoms with van der Waals surface area (Å²) in [6.45, 7) is 23.3. The van der Waals surface area contributed by atoms with E-state index in [0.717, 1.165) is 0 Å². The first kappa shape index (κ1) is 17.3. The van der Waals surface area contributed by atoms with Crippen molar-refractivity contribution < 1.29 is 0 Å². The second kappa shape index (κ2) is 4.90. The highest BCUT2D eigenvalue weighted by Gasteiger charge is 2.36. The molecule has 0 saturated carbocycles. The van der Waals surface area contributed by atoms with Crippen molar-refractivity contribution in [1.82, 2.24) is 0 Å². The summed E-state index contributed by atoms with van der Waals surface area (Å²) in [5.41, 5.74) is 3.73. The first-order valence-corrected chi connectivity index (χ1v) is 7.82. The predicted molar refractivity (Wildman–Crippen MR) is 91.4 cm³/mol. The van der Waals surface area contributed by atoms with Crippen LogP contribution in [0.2, 0.25) is 0 Å². The van der Waals surface area contributed by atoms with Crippen LogP contribution in [0.5, 0.6) is 0 Å². The molecule has 0 aliphatic rings. The summed E-state index contributed by atoms with van der Waals surface area (Å²) >= 11 is 0. The van der Waals surface area contributed by atoms with Gasteiger partial charge in [0.1, 0.15) is 0 Å². The molecule has 1 aromatic carbocycles. The van der Waals surface area contributed by atoms with Crippen LogP contribution >= 0.6 is 0 Å². The van der Waals surface area contributed by atoms with Gasteiger partial charge in [0.25, 0.3) is 0 Å². The molecule has 0 amide bonds. The molecule has 0 unspecified atom stereocenters. The zero-order valence-corrected chi connectivity index (χ0v) is 15.3. The van der Waals surface area contributed by atoms with Crippen molar-refractivity contribution in [3.05, 3.63) is 35.4 Å². The molecule has 1 rings (SSSR count). The molecule has 0 radical (unpaired) electrons. The number of rotatable bonds is 2. The lowest BCUT2D eigenvalue weighted by Crippen LogP contribution is -2.35. The zero-order valence-electron chi connectivity index (χ0n) is 15.3. The summed E-state index contributed by atoms with van der Waals surface area (Å²) < 4.78 is 0. The summed E-state index contributed by atoms with van der Waals surface area (Å²) in [5.74, 6) is 0. The SMILES string of the molecule is CC(C)(C)C(C)(C)c1ccc(C(C)(C)C(C)(C)C)cc1. The lowest BCUT2D eigenvalue weighted by Gasteiger charge is -2.41. The molecule has 0 aromatic heterocycles. The molecule has 0 bridgehead atoms. The summed E-state index contributed by atoms with van der Waals surface area (Å²) in [7, 11) is 0. The van der Waals surface area contributed by atoms with E-state index < -0.39 is 0 Å². The van der Waals surface area contributed by atoms with Gasteiger partial charge in [0.2, 0.25) is 0 Å². The summed E-state index contributed by atoms with van der Waals surface area (Å²) in [6, 6.07) is 9.31. The third-order valence-electron chi connectivity index (χ3n) is 6.08. The fraction of sp³-hybridized carbons (Fsp3) is 0.700. The molecule has 0 heterocycles. The largest absolute Gasteiger partial charge is 0.0593 e. The van der Waals surface area contributed by atoms with E-state index in [-0.39, 0.29) is 21.7 Å². The molecule has 0 N–H and O–H groups in total. The van der Waals surface area contributed by atoms with Gasteiger partial charge < -0.3 is 0 Å². The molecule has 0 nitrogen and oxygen atoms in total. The summed E-state index contributed by atoms with van der Waals surface area (Å²) in [6.07, 6.45) is 0. The van der Waals surface area contributed by atoms with Gasteiger partial charge in [-0.2, -0.15) is 0 Å². The van der Waals surface area contributed by atoms with Crippen molar-refractivity contribution in [2.24, 2.45) is 10.8 Å². The average Bonchev–Trinajstić information content (AvgIpc) is 2.26. The van der Waals surface area contributed by atoms with E-state index in [9.17, 15) is 0 Å². The van der Waals surface area contributed by atoms with E-state index in [2.05, 4.69) is 93.5 Å². The van der Waals surface area contributed by atoms with Gasteiger partial charge in [0.05, 0.1) is 0 Å². The van der Waals surface area contributed by atoms with Gasteiger partial charge in [-0.15, -0.1) is 0 Å². The van der Waals surface area contributed by atoms with Gasteiger partial charge in [0.15, 0.2) is 0 Å². The zero-order chi connectivity index (χ0) is 16.0. The second-order valence-electron chi connectivity index (χ2n) is 9.33. The second-order valence-corrected chi connectivity index (χ2v) is 9.33. The van der Waals surface area contributed by atoms with Gasteiger partial charge in [-0.25, -0.2) is 0 Å². The van der Waals surface area contributed by atoms with E-state index in [1.165, 1.54) is 11.1 Å². The molecule has 114 valence electrons. The van der Waals surface area contributed by atoms with E-state index in [4.69, 9.17) is 0 Å². The molecule has 0 aliphatic carbocycles. The standard InChI is InChI=1S/C20H34/c1-17(2,3)19(7,8)15-11-13-16(14-12-15)20(9,10)18(4,5)6/h11-14H,1-10H3. The van der Waals surface area contributed by atoms with E-state index in [1.807, 2.05) is 0 Å². The van der Waals surface area contributed by atoms with Crippen molar-refractivity contribution >= 4 is 0 Å². The first-order chi connectivity index (χ1) is 8.71. The minimum absolute atomic E-state index is 0.178. The molecule has 20 heavy (non-hydrogen) atoms. The van der Waals surface area contributed by atoms with Crippen LogP contribution in [0.4, 0.5) is 0 Å². The van der Waals surface area contributed by atoms with Crippen LogP contribution in [-0.2, 0) is 10.8 Å². The van der Waals surface area contributed by atoms with Crippen molar-refractivity contribution in [1.29, 1.82) is 0 Å². The van der Waals surface area contributed by atoms with Gasteiger partial charge in [-0.1, -0.05) is 93.5 Å². The topological polar surface area (TPSA) is 0 Å². The number of hydrogen-bond donors (Lipinski definition) is 0. The third kappa shape index (κ3) is 2.95. The smallest absolute Gasteiger partial charge is 0.00551 e. The van der Waals surface area contributed by atoms with Crippen LogP contribution < -0.4 is 0 Å². The lowest BCUT2D eigenvalue weighted by molar-refractivity contribution is 0.221. The molecule has 0 fully saturated rings. The monoisotopic (exact) mass is 274 g/mol. The minimum Gasteiger partial charge on any atom is -0.0593 e. The maximum absolute atomic E-state index is 2.34. The average molecular weight is 274 g/mol. The minimum atomic E-state index is 0.178. The van der Waals surface area contributed by atoms with Crippen LogP contribution in [0.25, 0.3) is 0 Å². The van der Waals surface area contributed by atoms with Crippen LogP contribution in [0.1, 0.15) is 80.4 Å². The lowest BCUT2D eigenvalue weighted by atomic mass is 9.63. The van der Waals surface area contributed by atoms with Crippen LogP contribution in [0, 0.1) is 10.8 Å². The summed E-state index contributed by atoms with van der Waals surface area (Å²) in [5, 5.41) is 0. The highest BCUT2D eigenvalue weighted by Crippen LogP contribution is 2.43. The van der Waals surface area contributed by atoms with E-state index >= 15 is 0 Å². The van der Waals surface area contributed by atoms with Crippen LogP contribution in [0.3, 0.4) is 0 Å². The molecular formula is C20H34. The highest BCUT2D eigenvalue weighted by molar-refractivity contribution is 5.34. The van der Waals surface area contributed by atoms with Gasteiger partial charge in [-0.3, -0.25) is 0 Å². The van der Waals surface area contributed by atoms with Crippen molar-refractivity contribution in [2.45, 2.75) is 80.1 Å². The van der Waals surface area contributed by atoms with E-state index in [0.29, 0.717) is 0 Å². The molecular weight excluding hydrogens is 240 g/mol.